The highest BCUT2D eigenvalue weighted by molar-refractivity contribution is 6.20. The molecule has 1 aliphatic carbocycles. The fourth-order valence-corrected chi connectivity index (χ4v) is 4.68. The van der Waals surface area contributed by atoms with Crippen molar-refractivity contribution < 1.29 is 20.5 Å². The number of alkyl halides is 1. The number of nitrogens with one attached hydrogen (secondary N) is 1. The Balaban J connectivity index is 0. The minimum absolute atomic E-state index is 0. The molecule has 1 aliphatic heterocycles. The molecule has 180 valence electrons. The maximum atomic E-state index is 13.2. The Kier molecular flexibility index (Phi) is 14.4. The average molecular weight is 451 g/mol. The summed E-state index contributed by atoms with van der Waals surface area (Å²) in [6, 6.07) is -0.193. The van der Waals surface area contributed by atoms with Crippen LogP contribution in [0.4, 0.5) is 0 Å². The monoisotopic (exact) mass is 450 g/mol. The third kappa shape index (κ3) is 8.46. The third-order valence-electron chi connectivity index (χ3n) is 6.02. The average Bonchev–Trinajstić information content (AvgIpc) is 2.58. The molecule has 1 fully saturated rings. The predicted octanol–water partition coefficient (Wildman–Crippen LogP) is 3.56. The first-order chi connectivity index (χ1) is 12.6. The molecule has 1 saturated heterocycles. The summed E-state index contributed by atoms with van der Waals surface area (Å²) in [7, 11) is 0. The molecule has 0 spiro atoms. The minimum atomic E-state index is -0.193. The van der Waals surface area contributed by atoms with E-state index in [-0.39, 0.29) is 47.8 Å². The van der Waals surface area contributed by atoms with Gasteiger partial charge in [-0.05, 0) is 56.8 Å². The standard InChI is InChI=1S/C22H39ClN2O2.CH4.2H2O/c1-15(2)20(24-14-27-16(3)4)21(26)25-12-11-19(22(5,6)13-25)17-7-9-18(23)10-8-17;;;/h7,15-16,18-20,24H,8-14H2,1-6H3;1H4;2*1H2/t18?,19-,20-;;;/m1.../s1. The van der Waals surface area contributed by atoms with Gasteiger partial charge in [0.1, 0.15) is 0 Å². The second-order valence-corrected chi connectivity index (χ2v) is 10.1. The van der Waals surface area contributed by atoms with Gasteiger partial charge in [-0.2, -0.15) is 0 Å². The number of allylic oxidation sites excluding steroid dienone is 2. The van der Waals surface area contributed by atoms with Crippen molar-refractivity contribution >= 4 is 17.5 Å². The van der Waals surface area contributed by atoms with Crippen LogP contribution in [0.3, 0.4) is 0 Å². The first kappa shape index (κ1) is 31.5. The highest BCUT2D eigenvalue weighted by Crippen LogP contribution is 2.43. The van der Waals surface area contributed by atoms with Gasteiger partial charge in [0.2, 0.25) is 5.91 Å². The quantitative estimate of drug-likeness (QED) is 0.364. The van der Waals surface area contributed by atoms with Crippen molar-refractivity contribution in [2.75, 3.05) is 19.8 Å². The predicted molar refractivity (Wildman–Crippen MR) is 127 cm³/mol. The normalized spacial score (nSPS) is 24.3. The lowest BCUT2D eigenvalue weighted by Gasteiger charge is -2.47. The maximum Gasteiger partial charge on any atom is 0.240 e. The molecule has 3 atom stereocenters. The van der Waals surface area contributed by atoms with Crippen LogP contribution in [0.5, 0.6) is 0 Å². The van der Waals surface area contributed by atoms with E-state index >= 15 is 0 Å². The number of nitrogens with zero attached hydrogens (tertiary/aromatic N) is 1. The molecule has 0 radical (unpaired) electrons. The molecule has 0 aromatic carbocycles. The first-order valence-corrected chi connectivity index (χ1v) is 11.0. The smallest absolute Gasteiger partial charge is 0.240 e. The van der Waals surface area contributed by atoms with E-state index in [1.807, 2.05) is 13.8 Å². The number of carbonyl (C=O) groups excluding carboxylic acids is 1. The van der Waals surface area contributed by atoms with Gasteiger partial charge >= 0.3 is 0 Å². The number of amides is 1. The fourth-order valence-electron chi connectivity index (χ4n) is 4.48. The second-order valence-electron chi connectivity index (χ2n) is 9.53. The fraction of sp³-hybridized carbons (Fsp3) is 0.870. The summed E-state index contributed by atoms with van der Waals surface area (Å²) in [6.07, 6.45) is 6.75. The van der Waals surface area contributed by atoms with Crippen molar-refractivity contribution in [1.82, 2.24) is 10.2 Å². The highest BCUT2D eigenvalue weighted by atomic mass is 35.5. The summed E-state index contributed by atoms with van der Waals surface area (Å²) in [4.78, 5) is 15.3. The van der Waals surface area contributed by atoms with Gasteiger partial charge < -0.3 is 20.6 Å². The van der Waals surface area contributed by atoms with E-state index in [1.165, 1.54) is 0 Å². The lowest BCUT2D eigenvalue weighted by Crippen LogP contribution is -2.56. The molecule has 1 unspecified atom stereocenters. The summed E-state index contributed by atoms with van der Waals surface area (Å²) in [5, 5.41) is 3.61. The number of carbonyl (C=O) groups is 1. The Morgan fingerprint density at radius 2 is 1.90 bits per heavy atom. The number of rotatable bonds is 7. The van der Waals surface area contributed by atoms with Crippen LogP contribution in [0.15, 0.2) is 11.6 Å². The van der Waals surface area contributed by atoms with Crippen LogP contribution in [-0.4, -0.2) is 59.1 Å². The van der Waals surface area contributed by atoms with E-state index in [0.29, 0.717) is 18.0 Å². The van der Waals surface area contributed by atoms with Gasteiger partial charge in [0.25, 0.3) is 0 Å². The van der Waals surface area contributed by atoms with Gasteiger partial charge in [0, 0.05) is 18.5 Å². The van der Waals surface area contributed by atoms with Crippen LogP contribution in [0, 0.1) is 17.3 Å². The Bertz CT molecular complexity index is 537. The van der Waals surface area contributed by atoms with Crippen LogP contribution >= 0.6 is 11.6 Å². The van der Waals surface area contributed by atoms with Crippen LogP contribution in [0.1, 0.15) is 74.7 Å². The molecule has 0 saturated carbocycles. The van der Waals surface area contributed by atoms with Gasteiger partial charge in [-0.1, -0.05) is 46.8 Å². The molecule has 2 rings (SSSR count). The van der Waals surface area contributed by atoms with E-state index in [4.69, 9.17) is 16.3 Å². The lowest BCUT2D eigenvalue weighted by atomic mass is 9.68. The van der Waals surface area contributed by atoms with Gasteiger partial charge in [0.05, 0.1) is 18.9 Å². The second kappa shape index (κ2) is 13.7. The summed E-state index contributed by atoms with van der Waals surface area (Å²) in [5.74, 6) is 0.999. The van der Waals surface area contributed by atoms with Gasteiger partial charge in [-0.3, -0.25) is 10.1 Å². The molecule has 0 bridgehead atoms. The van der Waals surface area contributed by atoms with Gasteiger partial charge in [-0.25, -0.2) is 0 Å². The SMILES string of the molecule is C.CC(C)OCN[C@@H](C(=O)N1CC[C@H](C2=CCC(Cl)CC2)C(C)(C)C1)C(C)C.O.O. The van der Waals surface area contributed by atoms with E-state index in [1.54, 1.807) is 5.57 Å². The van der Waals surface area contributed by atoms with E-state index < -0.39 is 0 Å². The third-order valence-corrected chi connectivity index (χ3v) is 6.42. The van der Waals surface area contributed by atoms with Crippen molar-refractivity contribution in [3.8, 4) is 0 Å². The van der Waals surface area contributed by atoms with Crippen molar-refractivity contribution in [3.05, 3.63) is 11.6 Å². The zero-order valence-corrected chi connectivity index (χ0v) is 19.8. The van der Waals surface area contributed by atoms with Gasteiger partial charge in [-0.15, -0.1) is 11.6 Å². The topological polar surface area (TPSA) is 105 Å². The van der Waals surface area contributed by atoms with Gasteiger partial charge in [0.15, 0.2) is 0 Å². The molecule has 7 heteroatoms. The number of halogens is 1. The maximum absolute atomic E-state index is 13.2. The number of hydrogen-bond donors (Lipinski definition) is 1. The largest absolute Gasteiger partial charge is 0.412 e. The molecule has 1 amide bonds. The molecule has 5 N–H and O–H groups in total. The van der Waals surface area contributed by atoms with Crippen LogP contribution < -0.4 is 5.32 Å². The minimum Gasteiger partial charge on any atom is -0.412 e. The number of likely N-dealkylation sites (tertiary alicyclic amines) is 1. The zero-order chi connectivity index (χ0) is 20.2. The number of piperidine rings is 1. The highest BCUT2D eigenvalue weighted by Gasteiger charge is 2.41. The summed E-state index contributed by atoms with van der Waals surface area (Å²) < 4.78 is 5.61. The van der Waals surface area contributed by atoms with Crippen LogP contribution in [-0.2, 0) is 9.53 Å². The molecular formula is C23H47ClN2O4. The lowest BCUT2D eigenvalue weighted by molar-refractivity contribution is -0.139. The van der Waals surface area contributed by atoms with Crippen molar-refractivity contribution in [3.63, 3.8) is 0 Å². The molecule has 1 heterocycles. The van der Waals surface area contributed by atoms with Crippen LogP contribution in [0.2, 0.25) is 0 Å². The molecule has 0 aromatic heterocycles. The molecule has 0 aromatic rings. The first-order valence-electron chi connectivity index (χ1n) is 10.6. The van der Waals surface area contributed by atoms with Crippen molar-refractivity contribution in [2.24, 2.45) is 17.3 Å². The summed E-state index contributed by atoms with van der Waals surface area (Å²) in [5.41, 5.74) is 1.65. The Labute approximate surface area is 189 Å². The van der Waals surface area contributed by atoms with E-state index in [0.717, 1.165) is 38.8 Å². The van der Waals surface area contributed by atoms with E-state index in [9.17, 15) is 4.79 Å². The Morgan fingerprint density at radius 3 is 2.37 bits per heavy atom. The number of hydrogen-bond acceptors (Lipinski definition) is 3. The molecule has 30 heavy (non-hydrogen) atoms. The van der Waals surface area contributed by atoms with E-state index in [2.05, 4.69) is 44.0 Å². The molecule has 2 aliphatic rings. The van der Waals surface area contributed by atoms with Crippen LogP contribution in [0.25, 0.3) is 0 Å². The number of ether oxygens (including phenoxy) is 1. The Hall–Kier alpha value is -0.660. The molecular weight excluding hydrogens is 404 g/mol. The zero-order valence-electron chi connectivity index (χ0n) is 19.1. The Morgan fingerprint density at radius 1 is 1.27 bits per heavy atom. The van der Waals surface area contributed by atoms with Crippen molar-refractivity contribution in [1.29, 1.82) is 0 Å². The summed E-state index contributed by atoms with van der Waals surface area (Å²) >= 11 is 6.27. The molecule has 6 nitrogen and oxygen atoms in total. The van der Waals surface area contributed by atoms with Crippen molar-refractivity contribution in [2.45, 2.75) is 92.2 Å². The summed E-state index contributed by atoms with van der Waals surface area (Å²) in [6.45, 7) is 14.9.